The van der Waals surface area contributed by atoms with Gasteiger partial charge < -0.3 is 10.2 Å². The van der Waals surface area contributed by atoms with Crippen LogP contribution in [0.1, 0.15) is 52.1 Å². The van der Waals surface area contributed by atoms with E-state index in [1.54, 1.807) is 18.2 Å². The third-order valence-corrected chi connectivity index (χ3v) is 3.77. The van der Waals surface area contributed by atoms with Crippen molar-refractivity contribution >= 4 is 5.97 Å². The van der Waals surface area contributed by atoms with Crippen molar-refractivity contribution in [3.05, 3.63) is 29.8 Å². The highest BCUT2D eigenvalue weighted by atomic mass is 16.4. The molecule has 0 saturated carbocycles. The van der Waals surface area contributed by atoms with Crippen molar-refractivity contribution in [2.24, 2.45) is 5.41 Å². The molecule has 1 aromatic carbocycles. The topological polar surface area (TPSA) is 69.6 Å². The van der Waals surface area contributed by atoms with Crippen LogP contribution in [0.25, 0.3) is 0 Å². The van der Waals surface area contributed by atoms with Crippen molar-refractivity contribution in [3.63, 3.8) is 0 Å². The molecule has 0 amide bonds. The van der Waals surface area contributed by atoms with Gasteiger partial charge in [-0.3, -0.25) is 10.1 Å². The lowest BCUT2D eigenvalue weighted by Crippen LogP contribution is -2.38. The molecule has 0 radical (unpaired) electrons. The molecule has 0 aromatic heterocycles. The van der Waals surface area contributed by atoms with Crippen molar-refractivity contribution in [1.29, 1.82) is 0 Å². The Bertz CT molecular complexity index is 569. The molecular formula is C18H25NO3. The number of aliphatic carboxylic acids is 1. The van der Waals surface area contributed by atoms with Crippen LogP contribution in [-0.2, 0) is 4.79 Å². The van der Waals surface area contributed by atoms with Crippen LogP contribution < -0.4 is 5.32 Å². The van der Waals surface area contributed by atoms with E-state index in [4.69, 9.17) is 0 Å². The van der Waals surface area contributed by atoms with E-state index in [1.165, 1.54) is 0 Å². The molecule has 0 aliphatic rings. The van der Waals surface area contributed by atoms with Gasteiger partial charge >= 0.3 is 5.97 Å². The molecule has 3 N–H and O–H groups in total. The highest BCUT2D eigenvalue weighted by molar-refractivity contribution is 5.74. The maximum Gasteiger partial charge on any atom is 0.321 e. The minimum Gasteiger partial charge on any atom is -0.508 e. The molecular weight excluding hydrogens is 278 g/mol. The summed E-state index contributed by atoms with van der Waals surface area (Å²) >= 11 is 0. The number of phenols is 1. The van der Waals surface area contributed by atoms with Crippen molar-refractivity contribution in [3.8, 4) is 17.6 Å². The average molecular weight is 303 g/mol. The highest BCUT2D eigenvalue weighted by Crippen LogP contribution is 2.23. The van der Waals surface area contributed by atoms with Crippen LogP contribution in [0.5, 0.6) is 5.75 Å². The Labute approximate surface area is 132 Å². The van der Waals surface area contributed by atoms with E-state index in [0.717, 1.165) is 6.42 Å². The van der Waals surface area contributed by atoms with E-state index in [1.807, 2.05) is 26.8 Å². The summed E-state index contributed by atoms with van der Waals surface area (Å²) in [6.45, 7) is 7.96. The van der Waals surface area contributed by atoms with E-state index in [0.29, 0.717) is 5.56 Å². The number of carboxylic acids is 1. The quantitative estimate of drug-likeness (QED) is 0.705. The minimum absolute atomic E-state index is 0.105. The van der Waals surface area contributed by atoms with Crippen LogP contribution in [0.4, 0.5) is 0 Å². The summed E-state index contributed by atoms with van der Waals surface area (Å²) in [5.74, 6) is 5.31. The summed E-state index contributed by atoms with van der Waals surface area (Å²) in [5, 5.41) is 22.2. The Morgan fingerprint density at radius 1 is 1.36 bits per heavy atom. The molecule has 0 saturated heterocycles. The van der Waals surface area contributed by atoms with Gasteiger partial charge in [0.2, 0.25) is 0 Å². The fourth-order valence-corrected chi connectivity index (χ4v) is 1.94. The fourth-order valence-electron chi connectivity index (χ4n) is 1.94. The summed E-state index contributed by atoms with van der Waals surface area (Å²) < 4.78 is 0. The summed E-state index contributed by atoms with van der Waals surface area (Å²) in [5.41, 5.74) is 0.572. The first-order valence-electron chi connectivity index (χ1n) is 7.53. The van der Waals surface area contributed by atoms with Gasteiger partial charge in [0.15, 0.2) is 0 Å². The summed E-state index contributed by atoms with van der Waals surface area (Å²) in [6.07, 6.45) is 1.15. The molecule has 0 heterocycles. The summed E-state index contributed by atoms with van der Waals surface area (Å²) in [6, 6.07) is 5.87. The Morgan fingerprint density at radius 2 is 2.00 bits per heavy atom. The molecule has 120 valence electrons. The van der Waals surface area contributed by atoms with E-state index in [-0.39, 0.29) is 23.6 Å². The molecule has 1 aromatic rings. The van der Waals surface area contributed by atoms with Crippen molar-refractivity contribution in [2.75, 3.05) is 0 Å². The van der Waals surface area contributed by atoms with E-state index in [2.05, 4.69) is 24.1 Å². The van der Waals surface area contributed by atoms with Gasteiger partial charge in [-0.2, -0.15) is 0 Å². The number of hydrogen-bond acceptors (Lipinski definition) is 3. The van der Waals surface area contributed by atoms with E-state index >= 15 is 0 Å². The van der Waals surface area contributed by atoms with Crippen LogP contribution >= 0.6 is 0 Å². The normalized spacial score (nSPS) is 13.8. The highest BCUT2D eigenvalue weighted by Gasteiger charge is 2.21. The summed E-state index contributed by atoms with van der Waals surface area (Å²) in [7, 11) is 0. The average Bonchev–Trinajstić information content (AvgIpc) is 2.46. The smallest absolute Gasteiger partial charge is 0.321 e. The lowest BCUT2D eigenvalue weighted by Gasteiger charge is -2.20. The number of rotatable bonds is 6. The number of hydrogen-bond donors (Lipinski definition) is 3. The van der Waals surface area contributed by atoms with Crippen LogP contribution in [0, 0.1) is 17.3 Å². The molecule has 2 unspecified atom stereocenters. The second-order valence-corrected chi connectivity index (χ2v) is 6.08. The minimum atomic E-state index is -0.939. The van der Waals surface area contributed by atoms with E-state index < -0.39 is 12.0 Å². The van der Waals surface area contributed by atoms with Gasteiger partial charge in [-0.25, -0.2) is 0 Å². The maximum atomic E-state index is 11.4. The molecule has 2 atom stereocenters. The second kappa shape index (κ2) is 7.86. The predicted octanol–water partition coefficient (Wildman–Crippen LogP) is 3.33. The Kier molecular flexibility index (Phi) is 6.45. The Hall–Kier alpha value is -1.99. The molecule has 0 fully saturated rings. The zero-order chi connectivity index (χ0) is 16.8. The number of carbonyl (C=O) groups is 1. The Balaban J connectivity index is 2.77. The molecule has 1 rings (SSSR count). The first-order valence-corrected chi connectivity index (χ1v) is 7.53. The number of benzene rings is 1. The molecule has 0 aliphatic carbocycles. The SMILES string of the molecule is CCC(C)(C)C#CCC(NC(C)c1ccccc1O)C(=O)O. The van der Waals surface area contributed by atoms with Gasteiger partial charge in [0.25, 0.3) is 0 Å². The number of nitrogens with one attached hydrogen (secondary N) is 1. The molecule has 4 heteroatoms. The van der Waals surface area contributed by atoms with Crippen molar-refractivity contribution in [1.82, 2.24) is 5.32 Å². The second-order valence-electron chi connectivity index (χ2n) is 6.08. The maximum absolute atomic E-state index is 11.4. The number of phenolic OH excluding ortho intramolecular Hbond substituents is 1. The van der Waals surface area contributed by atoms with Crippen molar-refractivity contribution < 1.29 is 15.0 Å². The number of aromatic hydroxyl groups is 1. The van der Waals surface area contributed by atoms with Crippen LogP contribution in [0.15, 0.2) is 24.3 Å². The number of para-hydroxylation sites is 1. The van der Waals surface area contributed by atoms with Gasteiger partial charge in [0, 0.05) is 23.4 Å². The number of carboxylic acid groups (broad SMARTS) is 1. The zero-order valence-corrected chi connectivity index (χ0v) is 13.7. The first kappa shape index (κ1) is 18.1. The standard InChI is InChI=1S/C18H25NO3/c1-5-18(3,4)12-8-10-15(17(21)22)19-13(2)14-9-6-7-11-16(14)20/h6-7,9,11,13,15,19-20H,5,10H2,1-4H3,(H,21,22). The van der Waals surface area contributed by atoms with Crippen LogP contribution in [0.2, 0.25) is 0 Å². The summed E-state index contributed by atoms with van der Waals surface area (Å²) in [4.78, 5) is 11.4. The van der Waals surface area contributed by atoms with Gasteiger partial charge in [0.1, 0.15) is 11.8 Å². The van der Waals surface area contributed by atoms with Gasteiger partial charge in [-0.1, -0.05) is 31.0 Å². The lowest BCUT2D eigenvalue weighted by atomic mass is 9.91. The Morgan fingerprint density at radius 3 is 2.55 bits per heavy atom. The van der Waals surface area contributed by atoms with Crippen molar-refractivity contribution in [2.45, 2.75) is 52.6 Å². The van der Waals surface area contributed by atoms with Crippen LogP contribution in [0.3, 0.4) is 0 Å². The van der Waals surface area contributed by atoms with Gasteiger partial charge in [-0.05, 0) is 33.3 Å². The van der Waals surface area contributed by atoms with Gasteiger partial charge in [-0.15, -0.1) is 5.92 Å². The predicted molar refractivity (Wildman–Crippen MR) is 87.5 cm³/mol. The molecule has 0 aliphatic heterocycles. The molecule has 0 spiro atoms. The zero-order valence-electron chi connectivity index (χ0n) is 13.7. The third kappa shape index (κ3) is 5.42. The first-order chi connectivity index (χ1) is 10.3. The molecule has 4 nitrogen and oxygen atoms in total. The molecule has 0 bridgehead atoms. The third-order valence-electron chi connectivity index (χ3n) is 3.77. The lowest BCUT2D eigenvalue weighted by molar-refractivity contribution is -0.139. The van der Waals surface area contributed by atoms with Crippen LogP contribution in [-0.4, -0.2) is 22.2 Å². The molecule has 22 heavy (non-hydrogen) atoms. The largest absolute Gasteiger partial charge is 0.508 e. The van der Waals surface area contributed by atoms with Gasteiger partial charge in [0.05, 0.1) is 0 Å². The van der Waals surface area contributed by atoms with E-state index in [9.17, 15) is 15.0 Å². The monoisotopic (exact) mass is 303 g/mol. The fraction of sp³-hybridized carbons (Fsp3) is 0.500.